The Morgan fingerprint density at radius 3 is 2.76 bits per heavy atom. The summed E-state index contributed by atoms with van der Waals surface area (Å²) in [5, 5.41) is 6.70. The standard InChI is InChI=1S/C21H17ClN4OS2/c1-14-12-28-20(24-14)25-19(27)13-29-21-23-11-18(15-6-3-2-4-7-15)26(21)17-9-5-8-16(22)10-17/h2-12H,13H2,1H3,(H,24,25,27). The lowest BCUT2D eigenvalue weighted by atomic mass is 10.1. The third-order valence-electron chi connectivity index (χ3n) is 4.06. The number of aryl methyl sites for hydroxylation is 1. The number of nitrogens with zero attached hydrogens (tertiary/aromatic N) is 3. The fraction of sp³-hybridized carbons (Fsp3) is 0.0952. The predicted octanol–water partition coefficient (Wildman–Crippen LogP) is 5.69. The van der Waals surface area contributed by atoms with Gasteiger partial charge in [-0.05, 0) is 25.1 Å². The Balaban J connectivity index is 1.61. The van der Waals surface area contributed by atoms with Crippen LogP contribution in [-0.2, 0) is 4.79 Å². The normalized spacial score (nSPS) is 10.8. The summed E-state index contributed by atoms with van der Waals surface area (Å²) in [7, 11) is 0. The second-order valence-corrected chi connectivity index (χ2v) is 8.48. The van der Waals surface area contributed by atoms with Crippen molar-refractivity contribution in [1.82, 2.24) is 14.5 Å². The molecule has 1 N–H and O–H groups in total. The van der Waals surface area contributed by atoms with E-state index < -0.39 is 0 Å². The second-order valence-electron chi connectivity index (χ2n) is 6.24. The molecule has 2 heterocycles. The number of hydrogen-bond acceptors (Lipinski definition) is 5. The van der Waals surface area contributed by atoms with E-state index in [4.69, 9.17) is 11.6 Å². The SMILES string of the molecule is Cc1csc(NC(=O)CSc2ncc(-c3ccccc3)n2-c2cccc(Cl)c2)n1. The first-order chi connectivity index (χ1) is 14.1. The lowest BCUT2D eigenvalue weighted by Gasteiger charge is -2.12. The van der Waals surface area contributed by atoms with Crippen LogP contribution >= 0.6 is 34.7 Å². The van der Waals surface area contributed by atoms with Crippen molar-refractivity contribution in [1.29, 1.82) is 0 Å². The van der Waals surface area contributed by atoms with Crippen LogP contribution in [0.3, 0.4) is 0 Å². The average molecular weight is 441 g/mol. The van der Waals surface area contributed by atoms with Crippen molar-refractivity contribution in [3.05, 3.63) is 76.9 Å². The van der Waals surface area contributed by atoms with Crippen LogP contribution in [0.1, 0.15) is 5.69 Å². The number of thiazole rings is 1. The third kappa shape index (κ3) is 4.70. The van der Waals surface area contributed by atoms with Gasteiger partial charge < -0.3 is 5.32 Å². The molecule has 0 aliphatic rings. The van der Waals surface area contributed by atoms with E-state index in [2.05, 4.69) is 15.3 Å². The molecule has 2 aromatic heterocycles. The van der Waals surface area contributed by atoms with E-state index in [1.54, 1.807) is 0 Å². The van der Waals surface area contributed by atoms with Gasteiger partial charge in [-0.2, -0.15) is 0 Å². The van der Waals surface area contributed by atoms with E-state index in [1.165, 1.54) is 23.1 Å². The van der Waals surface area contributed by atoms with Crippen LogP contribution in [0.2, 0.25) is 5.02 Å². The topological polar surface area (TPSA) is 59.8 Å². The molecule has 0 radical (unpaired) electrons. The molecule has 0 unspecified atom stereocenters. The minimum atomic E-state index is -0.119. The molecule has 4 aromatic rings. The highest BCUT2D eigenvalue weighted by Crippen LogP contribution is 2.30. The largest absolute Gasteiger partial charge is 0.301 e. The molecule has 0 aliphatic carbocycles. The highest BCUT2D eigenvalue weighted by Gasteiger charge is 2.16. The van der Waals surface area contributed by atoms with Crippen molar-refractivity contribution in [2.45, 2.75) is 12.1 Å². The zero-order valence-electron chi connectivity index (χ0n) is 15.5. The van der Waals surface area contributed by atoms with Crippen LogP contribution in [0.4, 0.5) is 5.13 Å². The molecule has 0 saturated carbocycles. The van der Waals surface area contributed by atoms with Gasteiger partial charge in [-0.3, -0.25) is 9.36 Å². The Bertz CT molecular complexity index is 1140. The van der Waals surface area contributed by atoms with Gasteiger partial charge in [0, 0.05) is 21.7 Å². The number of benzene rings is 2. The maximum Gasteiger partial charge on any atom is 0.236 e. The summed E-state index contributed by atoms with van der Waals surface area (Å²) in [6.07, 6.45) is 1.82. The number of rotatable bonds is 6. The Morgan fingerprint density at radius 2 is 2.03 bits per heavy atom. The zero-order valence-corrected chi connectivity index (χ0v) is 17.9. The van der Waals surface area contributed by atoms with Gasteiger partial charge in [-0.25, -0.2) is 9.97 Å². The number of hydrogen-bond donors (Lipinski definition) is 1. The van der Waals surface area contributed by atoms with Crippen molar-refractivity contribution in [3.8, 4) is 16.9 Å². The van der Waals surface area contributed by atoms with Gasteiger partial charge in [-0.15, -0.1) is 11.3 Å². The van der Waals surface area contributed by atoms with Crippen LogP contribution < -0.4 is 5.32 Å². The zero-order chi connectivity index (χ0) is 20.2. The summed E-state index contributed by atoms with van der Waals surface area (Å²) in [5.41, 5.74) is 3.76. The number of carbonyl (C=O) groups is 1. The molecule has 4 rings (SSSR count). The van der Waals surface area contributed by atoms with Crippen LogP contribution in [-0.4, -0.2) is 26.2 Å². The van der Waals surface area contributed by atoms with Crippen molar-refractivity contribution < 1.29 is 4.79 Å². The Labute approximate surface area is 181 Å². The number of amides is 1. The monoisotopic (exact) mass is 440 g/mol. The molecule has 2 aromatic carbocycles. The molecule has 0 bridgehead atoms. The van der Waals surface area contributed by atoms with E-state index in [-0.39, 0.29) is 11.7 Å². The number of halogens is 1. The molecule has 0 aliphatic heterocycles. The molecule has 0 fully saturated rings. The van der Waals surface area contributed by atoms with Gasteiger partial charge in [0.15, 0.2) is 10.3 Å². The maximum absolute atomic E-state index is 12.4. The van der Waals surface area contributed by atoms with Crippen LogP contribution in [0.25, 0.3) is 16.9 Å². The number of nitrogens with one attached hydrogen (secondary N) is 1. The van der Waals surface area contributed by atoms with Crippen LogP contribution in [0.5, 0.6) is 0 Å². The first-order valence-corrected chi connectivity index (χ1v) is 11.1. The Hall–Kier alpha value is -2.61. The van der Waals surface area contributed by atoms with E-state index in [1.807, 2.05) is 77.7 Å². The first-order valence-electron chi connectivity index (χ1n) is 8.84. The summed E-state index contributed by atoms with van der Waals surface area (Å²) < 4.78 is 2.02. The van der Waals surface area contributed by atoms with E-state index in [0.717, 1.165) is 27.8 Å². The molecule has 0 saturated heterocycles. The molecular weight excluding hydrogens is 424 g/mol. The van der Waals surface area contributed by atoms with Gasteiger partial charge in [-0.1, -0.05) is 59.8 Å². The molecule has 146 valence electrons. The second kappa shape index (κ2) is 8.82. The average Bonchev–Trinajstić information content (AvgIpc) is 3.33. The highest BCUT2D eigenvalue weighted by atomic mass is 35.5. The van der Waals surface area contributed by atoms with E-state index >= 15 is 0 Å². The number of carbonyl (C=O) groups excluding carboxylic acids is 1. The Kier molecular flexibility index (Phi) is 5.99. The molecular formula is C21H17ClN4OS2. The fourth-order valence-electron chi connectivity index (χ4n) is 2.81. The van der Waals surface area contributed by atoms with Gasteiger partial charge in [0.25, 0.3) is 0 Å². The predicted molar refractivity (Wildman–Crippen MR) is 120 cm³/mol. The van der Waals surface area contributed by atoms with Gasteiger partial charge in [0.1, 0.15) is 0 Å². The summed E-state index contributed by atoms with van der Waals surface area (Å²) >= 11 is 9.01. The van der Waals surface area contributed by atoms with Gasteiger partial charge in [0.05, 0.1) is 23.3 Å². The van der Waals surface area contributed by atoms with Crippen LogP contribution in [0, 0.1) is 6.92 Å². The summed E-state index contributed by atoms with van der Waals surface area (Å²) in [4.78, 5) is 21.2. The highest BCUT2D eigenvalue weighted by molar-refractivity contribution is 7.99. The molecule has 0 spiro atoms. The lowest BCUT2D eigenvalue weighted by molar-refractivity contribution is -0.113. The number of imidazole rings is 1. The van der Waals surface area contributed by atoms with Gasteiger partial charge in [0.2, 0.25) is 5.91 Å². The lowest BCUT2D eigenvalue weighted by Crippen LogP contribution is -2.14. The first kappa shape index (κ1) is 19.7. The molecule has 1 amide bonds. The van der Waals surface area contributed by atoms with Crippen molar-refractivity contribution >= 4 is 45.7 Å². The van der Waals surface area contributed by atoms with Crippen molar-refractivity contribution in [2.75, 3.05) is 11.1 Å². The smallest absolute Gasteiger partial charge is 0.236 e. The van der Waals surface area contributed by atoms with Gasteiger partial charge >= 0.3 is 0 Å². The summed E-state index contributed by atoms with van der Waals surface area (Å²) in [6.45, 7) is 1.90. The third-order valence-corrected chi connectivity index (χ3v) is 6.13. The molecule has 29 heavy (non-hydrogen) atoms. The number of thioether (sulfide) groups is 1. The minimum Gasteiger partial charge on any atom is -0.301 e. The number of aromatic nitrogens is 3. The fourth-order valence-corrected chi connectivity index (χ4v) is 4.49. The van der Waals surface area contributed by atoms with Crippen molar-refractivity contribution in [2.24, 2.45) is 0 Å². The molecule has 8 heteroatoms. The van der Waals surface area contributed by atoms with E-state index in [9.17, 15) is 4.79 Å². The summed E-state index contributed by atoms with van der Waals surface area (Å²) in [6, 6.07) is 17.6. The Morgan fingerprint density at radius 1 is 1.21 bits per heavy atom. The molecule has 0 atom stereocenters. The quantitative estimate of drug-likeness (QED) is 0.391. The minimum absolute atomic E-state index is 0.119. The van der Waals surface area contributed by atoms with Crippen LogP contribution in [0.15, 0.2) is 71.3 Å². The molecule has 5 nitrogen and oxygen atoms in total. The van der Waals surface area contributed by atoms with Crippen molar-refractivity contribution in [3.63, 3.8) is 0 Å². The number of anilines is 1. The van der Waals surface area contributed by atoms with E-state index in [0.29, 0.717) is 10.2 Å². The summed E-state index contributed by atoms with van der Waals surface area (Å²) in [5.74, 6) is 0.107. The maximum atomic E-state index is 12.4.